The fourth-order valence-corrected chi connectivity index (χ4v) is 4.99. The van der Waals surface area contributed by atoms with Gasteiger partial charge in [-0.15, -0.1) is 0 Å². The van der Waals surface area contributed by atoms with E-state index in [0.29, 0.717) is 11.8 Å². The number of hydrogen-bond acceptors (Lipinski definition) is 5. The van der Waals surface area contributed by atoms with Gasteiger partial charge in [-0.2, -0.15) is 5.10 Å². The maximum Gasteiger partial charge on any atom is 0.212 e. The fourth-order valence-electron chi connectivity index (χ4n) is 4.99. The lowest BCUT2D eigenvalue weighted by atomic mass is 9.59. The largest absolute Gasteiger partial charge is 0.389 e. The summed E-state index contributed by atoms with van der Waals surface area (Å²) in [5.74, 6) is 1.52. The van der Waals surface area contributed by atoms with Crippen molar-refractivity contribution in [2.45, 2.75) is 50.5 Å². The maximum atomic E-state index is 11.5. The Bertz CT molecular complexity index is 674. The average Bonchev–Trinajstić information content (AvgIpc) is 3.23. The number of guanidine groups is 1. The molecule has 5 heteroatoms. The van der Waals surface area contributed by atoms with Gasteiger partial charge in [0.05, 0.1) is 12.1 Å². The summed E-state index contributed by atoms with van der Waals surface area (Å²) < 4.78 is 0. The van der Waals surface area contributed by atoms with Crippen LogP contribution in [0.4, 0.5) is 0 Å². The zero-order chi connectivity index (χ0) is 17.3. The van der Waals surface area contributed by atoms with Crippen molar-refractivity contribution >= 4 is 12.2 Å². The van der Waals surface area contributed by atoms with Crippen LogP contribution in [0.25, 0.3) is 0 Å². The first kappa shape index (κ1) is 16.6. The first-order chi connectivity index (χ1) is 12.1. The summed E-state index contributed by atoms with van der Waals surface area (Å²) in [6, 6.07) is 10.7. The van der Waals surface area contributed by atoms with E-state index in [4.69, 9.17) is 0 Å². The monoisotopic (exact) mass is 340 g/mol. The van der Waals surface area contributed by atoms with Gasteiger partial charge in [-0.3, -0.25) is 0 Å². The number of hydrazone groups is 1. The highest BCUT2D eigenvalue weighted by Crippen LogP contribution is 2.60. The van der Waals surface area contributed by atoms with Crippen molar-refractivity contribution in [2.24, 2.45) is 21.4 Å². The minimum Gasteiger partial charge on any atom is -0.389 e. The third kappa shape index (κ3) is 2.95. The summed E-state index contributed by atoms with van der Waals surface area (Å²) >= 11 is 0. The second-order valence-corrected chi connectivity index (χ2v) is 7.99. The van der Waals surface area contributed by atoms with Crippen LogP contribution in [0.2, 0.25) is 0 Å². The van der Waals surface area contributed by atoms with Gasteiger partial charge in [-0.25, -0.2) is 10.4 Å². The second-order valence-electron chi connectivity index (χ2n) is 7.99. The van der Waals surface area contributed by atoms with Crippen molar-refractivity contribution in [1.29, 1.82) is 0 Å². The zero-order valence-corrected chi connectivity index (χ0v) is 14.9. The highest BCUT2D eigenvalue weighted by atomic mass is 16.3. The molecule has 1 aliphatic heterocycles. The molecule has 4 rings (SSSR count). The van der Waals surface area contributed by atoms with Gasteiger partial charge in [0.15, 0.2) is 0 Å². The Morgan fingerprint density at radius 3 is 2.88 bits per heavy atom. The van der Waals surface area contributed by atoms with E-state index in [2.05, 4.69) is 58.1 Å². The van der Waals surface area contributed by atoms with Gasteiger partial charge in [0.1, 0.15) is 0 Å². The van der Waals surface area contributed by atoms with Crippen molar-refractivity contribution in [1.82, 2.24) is 10.7 Å². The smallest absolute Gasteiger partial charge is 0.212 e. The Morgan fingerprint density at radius 1 is 1.28 bits per heavy atom. The Balaban J connectivity index is 1.46. The number of fused-ring (bicyclic) bond motifs is 1. The highest BCUT2D eigenvalue weighted by molar-refractivity contribution is 5.81. The molecule has 1 heterocycles. The van der Waals surface area contributed by atoms with Crippen LogP contribution in [0, 0.1) is 11.3 Å². The third-order valence-corrected chi connectivity index (χ3v) is 6.72. The van der Waals surface area contributed by atoms with Crippen LogP contribution in [0.3, 0.4) is 0 Å². The maximum absolute atomic E-state index is 11.5. The molecule has 0 spiro atoms. The predicted molar refractivity (Wildman–Crippen MR) is 101 cm³/mol. The van der Waals surface area contributed by atoms with Crippen molar-refractivity contribution in [3.05, 3.63) is 35.9 Å². The quantitative estimate of drug-likeness (QED) is 0.585. The summed E-state index contributed by atoms with van der Waals surface area (Å²) in [6.45, 7) is 3.93. The molecule has 2 saturated carbocycles. The van der Waals surface area contributed by atoms with Crippen LogP contribution in [-0.4, -0.2) is 36.0 Å². The van der Waals surface area contributed by atoms with E-state index >= 15 is 0 Å². The van der Waals surface area contributed by atoms with Crippen LogP contribution in [0.15, 0.2) is 40.4 Å². The van der Waals surface area contributed by atoms with Gasteiger partial charge in [0.2, 0.25) is 5.96 Å². The Labute approximate surface area is 149 Å². The molecule has 5 nitrogen and oxygen atoms in total. The Kier molecular flexibility index (Phi) is 4.28. The molecular formula is C20H28N4O. The van der Waals surface area contributed by atoms with E-state index in [1.165, 1.54) is 5.56 Å². The lowest BCUT2D eigenvalue weighted by Crippen LogP contribution is -2.49. The fraction of sp³-hybridized carbons (Fsp3) is 0.600. The van der Waals surface area contributed by atoms with Crippen LogP contribution < -0.4 is 10.7 Å². The van der Waals surface area contributed by atoms with Crippen LogP contribution in [0.5, 0.6) is 0 Å². The lowest BCUT2D eigenvalue weighted by Gasteiger charge is -2.49. The molecule has 3 aliphatic rings. The molecule has 1 aromatic rings. The minimum atomic E-state index is -0.592. The number of benzene rings is 1. The standard InChI is InChI=1S/C20H28N4O/c1-19-9-7-16(15-5-3-2-4-6-15)13-20(19,25)10-8-17(19)14-23-24-18-21-11-12-22-18/h2-6,14,16-17,25H,7-13H2,1H3,(H2,21,22,24)/b23-14+/t16-,17+,19+,20-/m0/s1. The second kappa shape index (κ2) is 6.45. The van der Waals surface area contributed by atoms with Crippen molar-refractivity contribution in [2.75, 3.05) is 13.1 Å². The molecule has 2 aliphatic carbocycles. The van der Waals surface area contributed by atoms with Gasteiger partial charge in [-0.05, 0) is 43.6 Å². The van der Waals surface area contributed by atoms with Crippen molar-refractivity contribution in [3.8, 4) is 0 Å². The molecule has 1 aromatic carbocycles. The summed E-state index contributed by atoms with van der Waals surface area (Å²) in [7, 11) is 0. The van der Waals surface area contributed by atoms with Gasteiger partial charge in [0, 0.05) is 24.1 Å². The average molecular weight is 340 g/mol. The summed E-state index contributed by atoms with van der Waals surface area (Å²) in [5.41, 5.74) is 3.68. The SMILES string of the molecule is C[C@]12CC[C@H](c3ccccc3)C[C@@]1(O)CC[C@@H]2/C=N/NC1=NCCN1. The predicted octanol–water partition coefficient (Wildman–Crippen LogP) is 2.64. The Hall–Kier alpha value is -1.88. The lowest BCUT2D eigenvalue weighted by molar-refractivity contribution is -0.0957. The molecular weight excluding hydrogens is 312 g/mol. The number of aliphatic imine (C=N–C) groups is 1. The van der Waals surface area contributed by atoms with Crippen LogP contribution in [0.1, 0.15) is 50.5 Å². The van der Waals surface area contributed by atoms with E-state index in [9.17, 15) is 5.11 Å². The van der Waals surface area contributed by atoms with E-state index in [-0.39, 0.29) is 5.41 Å². The van der Waals surface area contributed by atoms with Gasteiger partial charge in [-0.1, -0.05) is 37.3 Å². The molecule has 0 amide bonds. The molecule has 0 radical (unpaired) electrons. The first-order valence-electron chi connectivity index (χ1n) is 9.46. The number of nitrogens with zero attached hydrogens (tertiary/aromatic N) is 2. The summed E-state index contributed by atoms with van der Waals surface area (Å²) in [5, 5.41) is 19.0. The number of hydrogen-bond donors (Lipinski definition) is 3. The number of aliphatic hydroxyl groups is 1. The molecule has 25 heavy (non-hydrogen) atoms. The van der Waals surface area contributed by atoms with E-state index in [1.807, 2.05) is 6.21 Å². The van der Waals surface area contributed by atoms with Crippen LogP contribution in [-0.2, 0) is 0 Å². The number of nitrogens with one attached hydrogen (secondary N) is 2. The highest BCUT2D eigenvalue weighted by Gasteiger charge is 2.58. The molecule has 0 unspecified atom stereocenters. The first-order valence-corrected chi connectivity index (χ1v) is 9.46. The summed E-state index contributed by atoms with van der Waals surface area (Å²) in [4.78, 5) is 4.29. The Morgan fingerprint density at radius 2 is 2.12 bits per heavy atom. The molecule has 4 atom stereocenters. The third-order valence-electron chi connectivity index (χ3n) is 6.72. The zero-order valence-electron chi connectivity index (χ0n) is 14.9. The molecule has 0 saturated heterocycles. The van der Waals surface area contributed by atoms with Crippen LogP contribution >= 0.6 is 0 Å². The van der Waals surface area contributed by atoms with Crippen molar-refractivity contribution in [3.63, 3.8) is 0 Å². The summed E-state index contributed by atoms with van der Waals surface area (Å²) in [6.07, 6.45) is 6.90. The van der Waals surface area contributed by atoms with Crippen molar-refractivity contribution < 1.29 is 5.11 Å². The molecule has 0 bridgehead atoms. The topological polar surface area (TPSA) is 69.0 Å². The van der Waals surface area contributed by atoms with Gasteiger partial charge < -0.3 is 10.4 Å². The molecule has 134 valence electrons. The van der Waals surface area contributed by atoms with Gasteiger partial charge in [0.25, 0.3) is 0 Å². The van der Waals surface area contributed by atoms with E-state index in [0.717, 1.165) is 51.2 Å². The molecule has 2 fully saturated rings. The normalized spacial score (nSPS) is 37.6. The minimum absolute atomic E-state index is 0.0889. The van der Waals surface area contributed by atoms with E-state index < -0.39 is 5.60 Å². The molecule has 3 N–H and O–H groups in total. The number of rotatable bonds is 3. The molecule has 0 aromatic heterocycles. The van der Waals surface area contributed by atoms with E-state index in [1.54, 1.807) is 0 Å². The van der Waals surface area contributed by atoms with Gasteiger partial charge >= 0.3 is 0 Å².